The molecular weight excluding hydrogens is 606 g/mol. The zero-order chi connectivity index (χ0) is 31.9. The molecule has 3 atom stereocenters. The number of pyridine rings is 1. The number of halogens is 4. The molecule has 1 saturated carbocycles. The molecule has 0 aliphatic heterocycles. The Morgan fingerprint density at radius 3 is 2.42 bits per heavy atom. The zero-order valence-electron chi connectivity index (χ0n) is 24.4. The molecule has 45 heavy (non-hydrogen) atoms. The predicted molar refractivity (Wildman–Crippen MR) is 161 cm³/mol. The van der Waals surface area contributed by atoms with Crippen LogP contribution in [0.15, 0.2) is 89.8 Å². The summed E-state index contributed by atoms with van der Waals surface area (Å²) >= 11 is 0. The summed E-state index contributed by atoms with van der Waals surface area (Å²) in [5.41, 5.74) is 3.70. The number of benzene rings is 3. The number of aromatic nitrogens is 1. The number of carbonyl (C=O) groups is 1. The van der Waals surface area contributed by atoms with Crippen LogP contribution in [-0.2, 0) is 34.0 Å². The molecule has 1 fully saturated rings. The first-order valence-electron chi connectivity index (χ1n) is 14.7. The molecule has 1 N–H and O–H groups in total. The minimum absolute atomic E-state index is 0.0439. The summed E-state index contributed by atoms with van der Waals surface area (Å²) in [6.45, 7) is 2.02. The summed E-state index contributed by atoms with van der Waals surface area (Å²) in [5, 5.41) is 0. The lowest BCUT2D eigenvalue weighted by Gasteiger charge is -2.29. The summed E-state index contributed by atoms with van der Waals surface area (Å²) in [5.74, 6) is -1.34. The number of rotatable bonds is 8. The molecule has 234 valence electrons. The van der Waals surface area contributed by atoms with Crippen LogP contribution >= 0.6 is 0 Å². The average molecular weight is 638 g/mol. The van der Waals surface area contributed by atoms with Gasteiger partial charge in [-0.25, -0.2) is 17.5 Å². The van der Waals surface area contributed by atoms with E-state index < -0.39 is 39.5 Å². The van der Waals surface area contributed by atoms with Gasteiger partial charge in [-0.2, -0.15) is 13.2 Å². The number of anilines is 1. The van der Waals surface area contributed by atoms with Crippen LogP contribution in [0, 0.1) is 18.7 Å². The second-order valence-corrected chi connectivity index (χ2v) is 13.4. The van der Waals surface area contributed by atoms with Crippen molar-refractivity contribution in [3.8, 4) is 0 Å². The zero-order valence-corrected chi connectivity index (χ0v) is 25.2. The molecule has 0 radical (unpaired) electrons. The molecule has 0 spiro atoms. The quantitative estimate of drug-likeness (QED) is 0.207. The molecule has 2 aliphatic rings. The molecule has 1 heterocycles. The lowest BCUT2D eigenvalue weighted by molar-refractivity contribution is -0.137. The fourth-order valence-electron chi connectivity index (χ4n) is 6.05. The molecular formula is C34H31F4N3O3S. The van der Waals surface area contributed by atoms with Gasteiger partial charge in [-0.3, -0.25) is 9.78 Å². The number of nitrogens with zero attached hydrogens (tertiary/aromatic N) is 2. The van der Waals surface area contributed by atoms with E-state index in [9.17, 15) is 30.8 Å². The maximum absolute atomic E-state index is 14.1. The minimum atomic E-state index is -4.44. The highest BCUT2D eigenvalue weighted by molar-refractivity contribution is 7.89. The Morgan fingerprint density at radius 2 is 1.73 bits per heavy atom. The Kier molecular flexibility index (Phi) is 8.26. The standard InChI is InChI=1S/C34H31F4N3O3S/c1-21-4-2-6-26(39-21)20-41(33(42)31-19-29(31)23-8-11-24(12-9-23)34(36,37)38)27-15-10-22-5-3-7-32(30(22)18-27)40-45(43,44)28-16-13-25(35)14-17-28/h2,4,6,8-18,29,31-32,40H,3,5,7,19-20H2,1H3/t29-,31+,32-/m0/s1. The van der Waals surface area contributed by atoms with Gasteiger partial charge in [0.15, 0.2) is 0 Å². The van der Waals surface area contributed by atoms with Gasteiger partial charge in [-0.15, -0.1) is 0 Å². The molecule has 4 aromatic rings. The van der Waals surface area contributed by atoms with Crippen LogP contribution in [0.4, 0.5) is 23.2 Å². The largest absolute Gasteiger partial charge is 0.416 e. The second kappa shape index (κ2) is 12.0. The second-order valence-electron chi connectivity index (χ2n) is 11.7. The normalized spacial score (nSPS) is 19.5. The third-order valence-corrected chi connectivity index (χ3v) is 9.97. The number of hydrogen-bond acceptors (Lipinski definition) is 4. The van der Waals surface area contributed by atoms with Crippen LogP contribution in [0.25, 0.3) is 0 Å². The molecule has 0 saturated heterocycles. The Hall–Kier alpha value is -4.09. The minimum Gasteiger partial charge on any atom is -0.306 e. The Labute approximate surface area is 259 Å². The molecule has 3 aromatic carbocycles. The molecule has 0 bridgehead atoms. The number of sulfonamides is 1. The highest BCUT2D eigenvalue weighted by Gasteiger charge is 2.46. The van der Waals surface area contributed by atoms with Crippen LogP contribution in [0.3, 0.4) is 0 Å². The maximum Gasteiger partial charge on any atom is 0.416 e. The highest BCUT2D eigenvalue weighted by atomic mass is 32.2. The average Bonchev–Trinajstić information content (AvgIpc) is 3.81. The van der Waals surface area contributed by atoms with Crippen LogP contribution in [0.2, 0.25) is 0 Å². The number of carbonyl (C=O) groups excluding carboxylic acids is 1. The van der Waals surface area contributed by atoms with Crippen molar-refractivity contribution in [3.63, 3.8) is 0 Å². The van der Waals surface area contributed by atoms with Gasteiger partial charge in [0.1, 0.15) is 5.82 Å². The van der Waals surface area contributed by atoms with E-state index in [1.54, 1.807) is 4.90 Å². The van der Waals surface area contributed by atoms with E-state index in [2.05, 4.69) is 9.71 Å². The molecule has 2 aliphatic carbocycles. The van der Waals surface area contributed by atoms with Crippen molar-refractivity contribution >= 4 is 21.6 Å². The van der Waals surface area contributed by atoms with Crippen LogP contribution < -0.4 is 9.62 Å². The third-order valence-electron chi connectivity index (χ3n) is 8.48. The van der Waals surface area contributed by atoms with Gasteiger partial charge in [0.2, 0.25) is 15.9 Å². The van der Waals surface area contributed by atoms with Crippen molar-refractivity contribution in [1.82, 2.24) is 9.71 Å². The summed E-state index contributed by atoms with van der Waals surface area (Å²) in [6.07, 6.45) is -1.88. The first-order chi connectivity index (χ1) is 21.4. The van der Waals surface area contributed by atoms with Crippen LogP contribution in [0.1, 0.15) is 64.9 Å². The van der Waals surface area contributed by atoms with Gasteiger partial charge < -0.3 is 4.90 Å². The first-order valence-corrected chi connectivity index (χ1v) is 16.2. The van der Waals surface area contributed by atoms with Gasteiger partial charge in [0, 0.05) is 23.3 Å². The van der Waals surface area contributed by atoms with E-state index in [-0.39, 0.29) is 23.3 Å². The fourth-order valence-corrected chi connectivity index (χ4v) is 7.30. The molecule has 0 unspecified atom stereocenters. The van der Waals surface area contributed by atoms with Crippen molar-refractivity contribution < 1.29 is 30.8 Å². The third kappa shape index (κ3) is 6.79. The lowest BCUT2D eigenvalue weighted by atomic mass is 9.87. The number of fused-ring (bicyclic) bond motifs is 1. The lowest BCUT2D eigenvalue weighted by Crippen LogP contribution is -2.34. The van der Waals surface area contributed by atoms with Gasteiger partial charge in [0.05, 0.1) is 22.7 Å². The topological polar surface area (TPSA) is 79.4 Å². The van der Waals surface area contributed by atoms with Crippen molar-refractivity contribution in [3.05, 3.63) is 124 Å². The van der Waals surface area contributed by atoms with Crippen molar-refractivity contribution in [2.75, 3.05) is 4.90 Å². The van der Waals surface area contributed by atoms with Gasteiger partial charge in [-0.05, 0) is 116 Å². The number of aryl methyl sites for hydroxylation is 2. The van der Waals surface area contributed by atoms with E-state index in [0.717, 1.165) is 53.9 Å². The molecule has 1 amide bonds. The number of alkyl halides is 3. The van der Waals surface area contributed by atoms with Crippen LogP contribution in [0.5, 0.6) is 0 Å². The summed E-state index contributed by atoms with van der Waals surface area (Å²) in [4.78, 5) is 20.2. The van der Waals surface area contributed by atoms with Crippen molar-refractivity contribution in [1.29, 1.82) is 0 Å². The Balaban J connectivity index is 1.30. The van der Waals surface area contributed by atoms with Crippen LogP contribution in [-0.4, -0.2) is 19.3 Å². The van der Waals surface area contributed by atoms with E-state index in [0.29, 0.717) is 29.8 Å². The van der Waals surface area contributed by atoms with Gasteiger partial charge in [-0.1, -0.05) is 24.3 Å². The Bertz CT molecular complexity index is 1830. The van der Waals surface area contributed by atoms with Crippen molar-refractivity contribution in [2.45, 2.75) is 62.2 Å². The molecule has 1 aromatic heterocycles. The summed E-state index contributed by atoms with van der Waals surface area (Å²) < 4.78 is 81.9. The molecule has 6 rings (SSSR count). The highest BCUT2D eigenvalue weighted by Crippen LogP contribution is 2.49. The van der Waals surface area contributed by atoms with Gasteiger partial charge in [0.25, 0.3) is 0 Å². The fraction of sp³-hybridized carbons (Fsp3) is 0.294. The maximum atomic E-state index is 14.1. The smallest absolute Gasteiger partial charge is 0.306 e. The molecule has 6 nitrogen and oxygen atoms in total. The molecule has 11 heteroatoms. The van der Waals surface area contributed by atoms with E-state index in [1.165, 1.54) is 24.3 Å². The first kappa shape index (κ1) is 30.9. The number of nitrogens with one attached hydrogen (secondary N) is 1. The number of hydrogen-bond donors (Lipinski definition) is 1. The summed E-state index contributed by atoms with van der Waals surface area (Å²) in [7, 11) is -3.95. The monoisotopic (exact) mass is 637 g/mol. The SMILES string of the molecule is Cc1cccc(CN(C(=O)[C@@H]2C[C@H]2c2ccc(C(F)(F)F)cc2)c2ccc3c(c2)[C@@H](NS(=O)(=O)c2ccc(F)cc2)CCC3)n1. The predicted octanol–water partition coefficient (Wildman–Crippen LogP) is 7.24. The Morgan fingerprint density at radius 1 is 1.00 bits per heavy atom. The summed E-state index contributed by atoms with van der Waals surface area (Å²) in [6, 6.07) is 20.2. The number of amides is 1. The van der Waals surface area contributed by atoms with E-state index >= 15 is 0 Å². The van der Waals surface area contributed by atoms with E-state index in [1.807, 2.05) is 43.3 Å². The van der Waals surface area contributed by atoms with E-state index in [4.69, 9.17) is 0 Å². The van der Waals surface area contributed by atoms with Crippen molar-refractivity contribution in [2.24, 2.45) is 5.92 Å². The van der Waals surface area contributed by atoms with Gasteiger partial charge >= 0.3 is 6.18 Å².